The number of rotatable bonds is 4. The van der Waals surface area contributed by atoms with Crippen LogP contribution in [0.1, 0.15) is 23.3 Å². The molecule has 0 saturated carbocycles. The molecule has 0 unspecified atom stereocenters. The fraction of sp³-hybridized carbons (Fsp3) is 0.458. The maximum Gasteiger partial charge on any atom is 0.227 e. The molecule has 4 heterocycles. The molecule has 1 aromatic carbocycles. The number of carbonyl (C=O) groups excluding carboxylic acids is 1. The summed E-state index contributed by atoms with van der Waals surface area (Å²) in [5.74, 6) is 1.01. The van der Waals surface area contributed by atoms with E-state index in [0.29, 0.717) is 18.2 Å². The van der Waals surface area contributed by atoms with Crippen LogP contribution in [0.25, 0.3) is 10.2 Å². The highest BCUT2D eigenvalue weighted by Crippen LogP contribution is 2.36. The number of amides is 1. The number of hydrogen-bond donors (Lipinski definition) is 1. The number of carbonyl (C=O) groups is 1. The summed E-state index contributed by atoms with van der Waals surface area (Å²) >= 11 is 7.97. The smallest absolute Gasteiger partial charge is 0.227 e. The van der Waals surface area contributed by atoms with E-state index in [1.54, 1.807) is 17.7 Å². The number of anilines is 3. The van der Waals surface area contributed by atoms with Crippen molar-refractivity contribution < 1.29 is 9.53 Å². The Morgan fingerprint density at radius 2 is 1.88 bits per heavy atom. The topological polar surface area (TPSA) is 70.6 Å². The van der Waals surface area contributed by atoms with Crippen molar-refractivity contribution in [1.29, 1.82) is 0 Å². The molecular weight excluding hydrogens is 458 g/mol. The number of piperidine rings is 1. The number of hydrogen-bond acceptors (Lipinski definition) is 7. The van der Waals surface area contributed by atoms with Crippen LogP contribution < -0.4 is 15.1 Å². The molecule has 0 bridgehead atoms. The summed E-state index contributed by atoms with van der Waals surface area (Å²) in [5.41, 5.74) is 3.03. The Morgan fingerprint density at radius 3 is 2.64 bits per heavy atom. The van der Waals surface area contributed by atoms with Crippen molar-refractivity contribution in [3.8, 4) is 0 Å². The van der Waals surface area contributed by atoms with E-state index in [4.69, 9.17) is 16.3 Å². The Morgan fingerprint density at radius 1 is 1.12 bits per heavy atom. The minimum atomic E-state index is -0.0413. The molecule has 0 atom stereocenters. The predicted molar refractivity (Wildman–Crippen MR) is 135 cm³/mol. The highest BCUT2D eigenvalue weighted by molar-refractivity contribution is 7.18. The number of fused-ring (bicyclic) bond motifs is 1. The van der Waals surface area contributed by atoms with Crippen LogP contribution in [0.3, 0.4) is 0 Å². The molecule has 2 aromatic heterocycles. The Kier molecular flexibility index (Phi) is 6.40. The van der Waals surface area contributed by atoms with E-state index in [9.17, 15) is 4.79 Å². The summed E-state index contributed by atoms with van der Waals surface area (Å²) in [6, 6.07) is 5.70. The molecule has 3 aromatic rings. The number of nitrogens with zero attached hydrogens (tertiary/aromatic N) is 4. The van der Waals surface area contributed by atoms with Gasteiger partial charge in [-0.15, -0.1) is 11.3 Å². The molecule has 0 radical (unpaired) electrons. The van der Waals surface area contributed by atoms with Crippen molar-refractivity contribution in [2.45, 2.75) is 26.7 Å². The lowest BCUT2D eigenvalue weighted by Gasteiger charge is -2.33. The molecular formula is C24H28ClN5O2S. The van der Waals surface area contributed by atoms with Crippen molar-refractivity contribution in [3.05, 3.63) is 40.0 Å². The second-order valence-electron chi connectivity index (χ2n) is 8.67. The second kappa shape index (κ2) is 9.44. The Bertz CT molecular complexity index is 1170. The molecule has 7 nitrogen and oxygen atoms in total. The van der Waals surface area contributed by atoms with Crippen molar-refractivity contribution in [2.75, 3.05) is 54.5 Å². The van der Waals surface area contributed by atoms with Gasteiger partial charge in [-0.25, -0.2) is 9.97 Å². The Hall–Kier alpha value is -2.42. The number of nitrogens with one attached hydrogen (secondary N) is 1. The van der Waals surface area contributed by atoms with Crippen molar-refractivity contribution in [3.63, 3.8) is 0 Å². The van der Waals surface area contributed by atoms with Crippen LogP contribution in [0, 0.1) is 19.8 Å². The lowest BCUT2D eigenvalue weighted by atomic mass is 9.95. The lowest BCUT2D eigenvalue weighted by Crippen LogP contribution is -2.39. The van der Waals surface area contributed by atoms with E-state index in [0.717, 1.165) is 66.4 Å². The maximum absolute atomic E-state index is 13.2. The number of aromatic nitrogens is 2. The number of halogens is 1. The second-order valence-corrected chi connectivity index (χ2v) is 10.3. The van der Waals surface area contributed by atoms with E-state index < -0.39 is 0 Å². The third-order valence-corrected chi connectivity index (χ3v) is 8.03. The Balaban J connectivity index is 1.28. The minimum Gasteiger partial charge on any atom is -0.378 e. The largest absolute Gasteiger partial charge is 0.378 e. The first-order valence-corrected chi connectivity index (χ1v) is 12.6. The third-order valence-electron chi connectivity index (χ3n) is 6.68. The van der Waals surface area contributed by atoms with Gasteiger partial charge in [0.2, 0.25) is 5.91 Å². The van der Waals surface area contributed by atoms with Crippen molar-refractivity contribution >= 4 is 56.3 Å². The first-order valence-electron chi connectivity index (χ1n) is 11.4. The van der Waals surface area contributed by atoms with Gasteiger partial charge in [-0.05, 0) is 50.5 Å². The number of aryl methyl sites for hydroxylation is 2. The van der Waals surface area contributed by atoms with Crippen LogP contribution in [-0.4, -0.2) is 55.3 Å². The quantitative estimate of drug-likeness (QED) is 0.580. The molecule has 9 heteroatoms. The molecule has 5 rings (SSSR count). The van der Waals surface area contributed by atoms with Crippen molar-refractivity contribution in [2.24, 2.45) is 5.92 Å². The highest BCUT2D eigenvalue weighted by Gasteiger charge is 2.28. The van der Waals surface area contributed by atoms with Gasteiger partial charge in [0.25, 0.3) is 0 Å². The Labute approximate surface area is 202 Å². The number of thiophene rings is 1. The summed E-state index contributed by atoms with van der Waals surface area (Å²) in [4.78, 5) is 29.1. The fourth-order valence-corrected chi connectivity index (χ4v) is 5.84. The van der Waals surface area contributed by atoms with Gasteiger partial charge in [0.05, 0.1) is 30.0 Å². The van der Waals surface area contributed by atoms with Crippen LogP contribution in [-0.2, 0) is 9.53 Å². The van der Waals surface area contributed by atoms with Gasteiger partial charge in [-0.1, -0.05) is 11.6 Å². The zero-order valence-corrected chi connectivity index (χ0v) is 20.5. The minimum absolute atomic E-state index is 0.0413. The zero-order valence-electron chi connectivity index (χ0n) is 18.9. The molecule has 2 aliphatic rings. The third kappa shape index (κ3) is 4.52. The lowest BCUT2D eigenvalue weighted by molar-refractivity contribution is -0.120. The molecule has 1 amide bonds. The van der Waals surface area contributed by atoms with Crippen LogP contribution >= 0.6 is 22.9 Å². The molecule has 2 saturated heterocycles. The van der Waals surface area contributed by atoms with Gasteiger partial charge in [-0.3, -0.25) is 4.79 Å². The normalized spacial score (nSPS) is 17.5. The van der Waals surface area contributed by atoms with E-state index in [2.05, 4.69) is 38.9 Å². The average molecular weight is 486 g/mol. The van der Waals surface area contributed by atoms with Crippen LogP contribution in [0.15, 0.2) is 24.5 Å². The summed E-state index contributed by atoms with van der Waals surface area (Å²) in [6.45, 7) is 8.84. The summed E-state index contributed by atoms with van der Waals surface area (Å²) in [7, 11) is 0. The van der Waals surface area contributed by atoms with E-state index in [1.807, 2.05) is 18.2 Å². The first kappa shape index (κ1) is 22.4. The van der Waals surface area contributed by atoms with Crippen molar-refractivity contribution in [1.82, 2.24) is 9.97 Å². The molecule has 0 aliphatic carbocycles. The first-order chi connectivity index (χ1) is 16.0. The van der Waals surface area contributed by atoms with Gasteiger partial charge in [-0.2, -0.15) is 0 Å². The monoisotopic (exact) mass is 485 g/mol. The summed E-state index contributed by atoms with van der Waals surface area (Å²) < 4.78 is 5.47. The number of benzene rings is 1. The molecule has 1 N–H and O–H groups in total. The van der Waals surface area contributed by atoms with Crippen LogP contribution in [0.2, 0.25) is 5.02 Å². The van der Waals surface area contributed by atoms with Gasteiger partial charge in [0.15, 0.2) is 0 Å². The predicted octanol–water partition coefficient (Wildman–Crippen LogP) is 4.65. The van der Waals surface area contributed by atoms with E-state index in [-0.39, 0.29) is 11.8 Å². The number of ether oxygens (including phenoxy) is 1. The molecule has 2 aliphatic heterocycles. The highest BCUT2D eigenvalue weighted by atomic mass is 35.5. The number of morpholine rings is 1. The zero-order chi connectivity index (χ0) is 22.9. The summed E-state index contributed by atoms with van der Waals surface area (Å²) in [6.07, 6.45) is 3.22. The molecule has 0 spiro atoms. The molecule has 2 fully saturated rings. The van der Waals surface area contributed by atoms with Gasteiger partial charge in [0, 0.05) is 42.0 Å². The fourth-order valence-electron chi connectivity index (χ4n) is 4.68. The SMILES string of the molecule is Cc1sc2ncnc(N3CCC(C(=O)Nc4cc(Cl)ccc4N4CCOCC4)CC3)c2c1C. The standard InChI is InChI=1S/C24H28ClN5O2S/c1-15-16(2)33-24-21(15)22(26-14-27-24)30-7-5-17(6-8-30)23(31)28-19-13-18(25)3-4-20(19)29-9-11-32-12-10-29/h3-4,13-14,17H,5-12H2,1-2H3,(H,28,31). The van der Waals surface area contributed by atoms with Crippen LogP contribution in [0.5, 0.6) is 0 Å². The van der Waals surface area contributed by atoms with E-state index in [1.165, 1.54) is 10.4 Å². The van der Waals surface area contributed by atoms with Gasteiger partial charge < -0.3 is 19.9 Å². The van der Waals surface area contributed by atoms with Gasteiger partial charge >= 0.3 is 0 Å². The molecule has 33 heavy (non-hydrogen) atoms. The molecule has 174 valence electrons. The van der Waals surface area contributed by atoms with Gasteiger partial charge in [0.1, 0.15) is 17.0 Å². The summed E-state index contributed by atoms with van der Waals surface area (Å²) in [5, 5.41) is 4.93. The average Bonchev–Trinajstić information content (AvgIpc) is 3.13. The van der Waals surface area contributed by atoms with E-state index >= 15 is 0 Å². The van der Waals surface area contributed by atoms with Crippen LogP contribution in [0.4, 0.5) is 17.2 Å². The maximum atomic E-state index is 13.2.